The first-order valence-corrected chi connectivity index (χ1v) is 7.11. The van der Waals surface area contributed by atoms with E-state index in [0.717, 1.165) is 45.2 Å². The third-order valence-corrected chi connectivity index (χ3v) is 4.50. The maximum atomic E-state index is 12.4. The summed E-state index contributed by atoms with van der Waals surface area (Å²) in [5.74, 6) is -0.738. The van der Waals surface area contributed by atoms with Crippen LogP contribution in [0.15, 0.2) is 0 Å². The summed E-state index contributed by atoms with van der Waals surface area (Å²) in [5.41, 5.74) is 0. The van der Waals surface area contributed by atoms with Gasteiger partial charge in [0.2, 0.25) is 5.91 Å². The Bertz CT molecular complexity index is 321. The molecule has 18 heavy (non-hydrogen) atoms. The zero-order valence-corrected chi connectivity index (χ0v) is 11.1. The van der Waals surface area contributed by atoms with E-state index in [1.165, 1.54) is 0 Å². The molecule has 0 radical (unpaired) electrons. The summed E-state index contributed by atoms with van der Waals surface area (Å²) in [6.07, 6.45) is 5.45. The first-order valence-electron chi connectivity index (χ1n) is 7.11. The maximum Gasteiger partial charge on any atom is 0.307 e. The minimum absolute atomic E-state index is 0.0917. The summed E-state index contributed by atoms with van der Waals surface area (Å²) in [6, 6.07) is 0. The van der Waals surface area contributed by atoms with Crippen molar-refractivity contribution in [3.05, 3.63) is 0 Å². The smallest absolute Gasteiger partial charge is 0.307 e. The molecule has 2 fully saturated rings. The molecule has 102 valence electrons. The van der Waals surface area contributed by atoms with E-state index in [1.54, 1.807) is 0 Å². The highest BCUT2D eigenvalue weighted by atomic mass is 16.4. The molecule has 0 aromatic rings. The lowest BCUT2D eigenvalue weighted by Crippen LogP contribution is -2.45. The summed E-state index contributed by atoms with van der Waals surface area (Å²) in [7, 11) is 0. The number of carboxylic acid groups (broad SMARTS) is 1. The molecule has 0 spiro atoms. The quantitative estimate of drug-likeness (QED) is 0.820. The second-order valence-corrected chi connectivity index (χ2v) is 5.84. The van der Waals surface area contributed by atoms with Gasteiger partial charge in [0.05, 0.1) is 11.8 Å². The molecule has 2 aliphatic rings. The fourth-order valence-electron chi connectivity index (χ4n) is 3.19. The lowest BCUT2D eigenvalue weighted by atomic mass is 9.78. The molecule has 1 N–H and O–H groups in total. The van der Waals surface area contributed by atoms with E-state index in [0.29, 0.717) is 12.3 Å². The van der Waals surface area contributed by atoms with Crippen LogP contribution in [0.1, 0.15) is 45.4 Å². The standard InChI is InChI=1S/C14H23NO3/c1-10-6-8-15(9-7-10)13(16)11-4-2-3-5-12(11)14(17)18/h10-12H,2-9H2,1H3,(H,17,18)/t11-,12-/m1/s1. The topological polar surface area (TPSA) is 57.6 Å². The van der Waals surface area contributed by atoms with Gasteiger partial charge in [-0.25, -0.2) is 0 Å². The molecule has 1 aliphatic carbocycles. The number of carboxylic acids is 1. The van der Waals surface area contributed by atoms with Gasteiger partial charge in [0.15, 0.2) is 0 Å². The number of likely N-dealkylation sites (tertiary alicyclic amines) is 1. The van der Waals surface area contributed by atoms with Crippen LogP contribution < -0.4 is 0 Å². The van der Waals surface area contributed by atoms with Crippen LogP contribution in [0.2, 0.25) is 0 Å². The molecule has 0 bridgehead atoms. The lowest BCUT2D eigenvalue weighted by Gasteiger charge is -2.36. The minimum atomic E-state index is -0.793. The maximum absolute atomic E-state index is 12.4. The predicted octanol–water partition coefficient (Wildman–Crippen LogP) is 2.14. The first-order chi connectivity index (χ1) is 8.59. The van der Waals surface area contributed by atoms with Gasteiger partial charge in [-0.05, 0) is 31.6 Å². The normalized spacial score (nSPS) is 30.2. The zero-order chi connectivity index (χ0) is 13.1. The van der Waals surface area contributed by atoms with E-state index in [2.05, 4.69) is 6.92 Å². The van der Waals surface area contributed by atoms with E-state index < -0.39 is 11.9 Å². The number of carbonyl (C=O) groups is 2. The number of piperidine rings is 1. The predicted molar refractivity (Wildman–Crippen MR) is 68.1 cm³/mol. The Labute approximate surface area is 108 Å². The van der Waals surface area contributed by atoms with Crippen molar-refractivity contribution >= 4 is 11.9 Å². The van der Waals surface area contributed by atoms with Gasteiger partial charge in [0, 0.05) is 13.1 Å². The number of hydrogen-bond acceptors (Lipinski definition) is 2. The molecular weight excluding hydrogens is 230 g/mol. The van der Waals surface area contributed by atoms with Crippen molar-refractivity contribution in [3.8, 4) is 0 Å². The molecule has 2 atom stereocenters. The van der Waals surface area contributed by atoms with Gasteiger partial charge in [-0.2, -0.15) is 0 Å². The second kappa shape index (κ2) is 5.72. The van der Waals surface area contributed by atoms with Gasteiger partial charge in [-0.15, -0.1) is 0 Å². The van der Waals surface area contributed by atoms with E-state index in [4.69, 9.17) is 0 Å². The van der Waals surface area contributed by atoms with E-state index in [1.807, 2.05) is 4.90 Å². The molecular formula is C14H23NO3. The number of amides is 1. The van der Waals surface area contributed by atoms with Gasteiger partial charge >= 0.3 is 5.97 Å². The van der Waals surface area contributed by atoms with Crippen LogP contribution in [0, 0.1) is 17.8 Å². The third kappa shape index (κ3) is 2.85. The summed E-state index contributed by atoms with van der Waals surface area (Å²) in [6.45, 7) is 3.83. The Hall–Kier alpha value is -1.06. The highest BCUT2D eigenvalue weighted by Gasteiger charge is 2.38. The molecule has 0 aromatic heterocycles. The molecule has 1 heterocycles. The van der Waals surface area contributed by atoms with Crippen LogP contribution in [0.5, 0.6) is 0 Å². The Morgan fingerprint density at radius 2 is 1.56 bits per heavy atom. The molecule has 1 amide bonds. The Balaban J connectivity index is 2.00. The lowest BCUT2D eigenvalue weighted by molar-refractivity contribution is -0.152. The molecule has 0 aromatic carbocycles. The molecule has 1 saturated carbocycles. The Morgan fingerprint density at radius 3 is 2.11 bits per heavy atom. The van der Waals surface area contributed by atoms with Gasteiger partial charge < -0.3 is 10.0 Å². The van der Waals surface area contributed by atoms with Crippen molar-refractivity contribution in [2.75, 3.05) is 13.1 Å². The van der Waals surface area contributed by atoms with Crippen LogP contribution >= 0.6 is 0 Å². The van der Waals surface area contributed by atoms with Crippen LogP contribution in [-0.4, -0.2) is 35.0 Å². The number of rotatable bonds is 2. The van der Waals surface area contributed by atoms with Crippen molar-refractivity contribution in [1.82, 2.24) is 4.90 Å². The number of aliphatic carboxylic acids is 1. The van der Waals surface area contributed by atoms with Gasteiger partial charge in [0.25, 0.3) is 0 Å². The molecule has 0 unspecified atom stereocenters. The molecule has 1 aliphatic heterocycles. The molecule has 1 saturated heterocycles. The van der Waals surface area contributed by atoms with Crippen molar-refractivity contribution in [2.45, 2.75) is 45.4 Å². The van der Waals surface area contributed by atoms with Crippen molar-refractivity contribution in [3.63, 3.8) is 0 Å². The third-order valence-electron chi connectivity index (χ3n) is 4.50. The highest BCUT2D eigenvalue weighted by molar-refractivity contribution is 5.85. The van der Waals surface area contributed by atoms with Gasteiger partial charge in [-0.3, -0.25) is 9.59 Å². The van der Waals surface area contributed by atoms with Gasteiger partial charge in [-0.1, -0.05) is 19.8 Å². The number of hydrogen-bond donors (Lipinski definition) is 1. The van der Waals surface area contributed by atoms with Crippen molar-refractivity contribution in [2.24, 2.45) is 17.8 Å². The average molecular weight is 253 g/mol. The van der Waals surface area contributed by atoms with Crippen LogP contribution in [0.25, 0.3) is 0 Å². The van der Waals surface area contributed by atoms with E-state index in [9.17, 15) is 14.7 Å². The summed E-state index contributed by atoms with van der Waals surface area (Å²) in [4.78, 5) is 25.6. The summed E-state index contributed by atoms with van der Waals surface area (Å²) < 4.78 is 0. The van der Waals surface area contributed by atoms with E-state index >= 15 is 0 Å². The average Bonchev–Trinajstić information content (AvgIpc) is 2.39. The SMILES string of the molecule is CC1CCN(C(=O)[C@@H]2CCCC[C@H]2C(=O)O)CC1. The largest absolute Gasteiger partial charge is 0.481 e. The first kappa shape index (κ1) is 13.4. The molecule has 2 rings (SSSR count). The monoisotopic (exact) mass is 253 g/mol. The van der Waals surface area contributed by atoms with Crippen LogP contribution in [0.3, 0.4) is 0 Å². The summed E-state index contributed by atoms with van der Waals surface area (Å²) in [5, 5.41) is 9.23. The second-order valence-electron chi connectivity index (χ2n) is 5.84. The fourth-order valence-corrected chi connectivity index (χ4v) is 3.19. The zero-order valence-electron chi connectivity index (χ0n) is 11.1. The fraction of sp³-hybridized carbons (Fsp3) is 0.857. The Morgan fingerprint density at radius 1 is 1.00 bits per heavy atom. The number of nitrogens with zero attached hydrogens (tertiary/aromatic N) is 1. The number of carbonyl (C=O) groups excluding carboxylic acids is 1. The minimum Gasteiger partial charge on any atom is -0.481 e. The van der Waals surface area contributed by atoms with E-state index in [-0.39, 0.29) is 11.8 Å². The van der Waals surface area contributed by atoms with Crippen LogP contribution in [-0.2, 0) is 9.59 Å². The van der Waals surface area contributed by atoms with Crippen molar-refractivity contribution < 1.29 is 14.7 Å². The van der Waals surface area contributed by atoms with Crippen molar-refractivity contribution in [1.29, 1.82) is 0 Å². The Kier molecular flexibility index (Phi) is 4.25. The molecule has 4 heteroatoms. The highest BCUT2D eigenvalue weighted by Crippen LogP contribution is 2.32. The van der Waals surface area contributed by atoms with Gasteiger partial charge in [0.1, 0.15) is 0 Å². The summed E-state index contributed by atoms with van der Waals surface area (Å²) >= 11 is 0. The van der Waals surface area contributed by atoms with Crippen LogP contribution in [0.4, 0.5) is 0 Å². The molecule has 4 nitrogen and oxygen atoms in total.